The Labute approximate surface area is 128 Å². The SMILES string of the molecule is CCCCCCCCc1[nH]nc(N)c1-c1cccc(C)c1. The second kappa shape index (κ2) is 7.87. The van der Waals surface area contributed by atoms with Crippen LogP contribution in [0.1, 0.15) is 56.7 Å². The van der Waals surface area contributed by atoms with E-state index in [1.54, 1.807) is 0 Å². The standard InChI is InChI=1S/C18H27N3/c1-3-4-5-6-7-8-12-16-17(18(19)21-20-16)15-11-9-10-14(2)13-15/h9-11,13H,3-8,12H2,1-2H3,(H3,19,20,21). The van der Waals surface area contributed by atoms with E-state index in [1.165, 1.54) is 55.3 Å². The third-order valence-electron chi connectivity index (χ3n) is 3.96. The Hall–Kier alpha value is -1.77. The third kappa shape index (κ3) is 4.35. The predicted molar refractivity (Wildman–Crippen MR) is 90.3 cm³/mol. The molecule has 3 heteroatoms. The number of benzene rings is 1. The van der Waals surface area contributed by atoms with Gasteiger partial charge in [-0.3, -0.25) is 5.10 Å². The van der Waals surface area contributed by atoms with Crippen molar-refractivity contribution in [1.82, 2.24) is 10.2 Å². The van der Waals surface area contributed by atoms with E-state index in [-0.39, 0.29) is 0 Å². The number of nitrogens with two attached hydrogens (primary N) is 1. The van der Waals surface area contributed by atoms with Gasteiger partial charge in [-0.25, -0.2) is 0 Å². The van der Waals surface area contributed by atoms with E-state index in [0.717, 1.165) is 12.0 Å². The Balaban J connectivity index is 1.98. The van der Waals surface area contributed by atoms with E-state index >= 15 is 0 Å². The first-order chi connectivity index (χ1) is 10.2. The number of hydrogen-bond donors (Lipinski definition) is 2. The monoisotopic (exact) mass is 285 g/mol. The quantitative estimate of drug-likeness (QED) is 0.680. The molecule has 0 amide bonds. The second-order valence-electron chi connectivity index (χ2n) is 5.85. The van der Waals surface area contributed by atoms with Gasteiger partial charge in [0.15, 0.2) is 5.82 Å². The minimum absolute atomic E-state index is 0.613. The van der Waals surface area contributed by atoms with Crippen molar-refractivity contribution in [3.63, 3.8) is 0 Å². The molecule has 3 nitrogen and oxygen atoms in total. The molecule has 21 heavy (non-hydrogen) atoms. The molecule has 2 aromatic rings. The fraction of sp³-hybridized carbons (Fsp3) is 0.500. The van der Waals surface area contributed by atoms with Crippen molar-refractivity contribution in [2.75, 3.05) is 5.73 Å². The highest BCUT2D eigenvalue weighted by Crippen LogP contribution is 2.29. The molecule has 0 bridgehead atoms. The molecule has 1 aromatic heterocycles. The van der Waals surface area contributed by atoms with Crippen molar-refractivity contribution in [3.8, 4) is 11.1 Å². The number of unbranched alkanes of at least 4 members (excludes halogenated alkanes) is 5. The van der Waals surface area contributed by atoms with Gasteiger partial charge in [-0.05, 0) is 25.3 Å². The first kappa shape index (κ1) is 15.6. The largest absolute Gasteiger partial charge is 0.382 e. The Kier molecular flexibility index (Phi) is 5.85. The van der Waals surface area contributed by atoms with Crippen LogP contribution >= 0.6 is 0 Å². The highest BCUT2D eigenvalue weighted by atomic mass is 15.2. The van der Waals surface area contributed by atoms with Crippen LogP contribution in [0, 0.1) is 6.92 Å². The zero-order valence-electron chi connectivity index (χ0n) is 13.3. The number of hydrogen-bond acceptors (Lipinski definition) is 2. The van der Waals surface area contributed by atoms with Gasteiger partial charge in [0.05, 0.1) is 0 Å². The number of nitrogens with zero attached hydrogens (tertiary/aromatic N) is 1. The van der Waals surface area contributed by atoms with Gasteiger partial charge in [0.1, 0.15) is 0 Å². The summed E-state index contributed by atoms with van der Waals surface area (Å²) in [5, 5.41) is 7.32. The number of nitrogens with one attached hydrogen (secondary N) is 1. The topological polar surface area (TPSA) is 54.7 Å². The van der Waals surface area contributed by atoms with Gasteiger partial charge < -0.3 is 5.73 Å². The number of aryl methyl sites for hydroxylation is 2. The average Bonchev–Trinajstić information content (AvgIpc) is 2.84. The van der Waals surface area contributed by atoms with E-state index in [0.29, 0.717) is 5.82 Å². The van der Waals surface area contributed by atoms with Crippen LogP contribution < -0.4 is 5.73 Å². The van der Waals surface area contributed by atoms with E-state index in [1.807, 2.05) is 0 Å². The summed E-state index contributed by atoms with van der Waals surface area (Å²) in [7, 11) is 0. The molecule has 0 aliphatic heterocycles. The number of nitrogen functional groups attached to an aromatic ring is 1. The molecule has 0 unspecified atom stereocenters. The summed E-state index contributed by atoms with van der Waals surface area (Å²) in [6.07, 6.45) is 8.85. The van der Waals surface area contributed by atoms with Crippen LogP contribution in [0.3, 0.4) is 0 Å². The smallest absolute Gasteiger partial charge is 0.153 e. The zero-order chi connectivity index (χ0) is 15.1. The highest BCUT2D eigenvalue weighted by molar-refractivity contribution is 5.76. The normalized spacial score (nSPS) is 11.0. The summed E-state index contributed by atoms with van der Waals surface area (Å²) in [6.45, 7) is 4.36. The first-order valence-corrected chi connectivity index (χ1v) is 8.12. The molecule has 2 rings (SSSR count). The average molecular weight is 285 g/mol. The van der Waals surface area contributed by atoms with Crippen molar-refractivity contribution >= 4 is 5.82 Å². The zero-order valence-corrected chi connectivity index (χ0v) is 13.3. The van der Waals surface area contributed by atoms with Crippen LogP contribution in [0.25, 0.3) is 11.1 Å². The predicted octanol–water partition coefficient (Wildman–Crippen LogP) is 4.87. The Bertz CT molecular complexity index is 557. The van der Waals surface area contributed by atoms with E-state index in [2.05, 4.69) is 48.3 Å². The lowest BCUT2D eigenvalue weighted by Crippen LogP contribution is -1.92. The lowest BCUT2D eigenvalue weighted by Gasteiger charge is -2.06. The minimum atomic E-state index is 0.613. The summed E-state index contributed by atoms with van der Waals surface area (Å²) in [5.41, 5.74) is 10.7. The molecular formula is C18H27N3. The van der Waals surface area contributed by atoms with E-state index in [4.69, 9.17) is 5.73 Å². The molecule has 0 aliphatic rings. The van der Waals surface area contributed by atoms with Crippen LogP contribution in [0.15, 0.2) is 24.3 Å². The molecule has 0 atom stereocenters. The van der Waals surface area contributed by atoms with Crippen molar-refractivity contribution < 1.29 is 0 Å². The molecule has 0 spiro atoms. The molecular weight excluding hydrogens is 258 g/mol. The molecule has 0 saturated carbocycles. The maximum absolute atomic E-state index is 6.05. The Morgan fingerprint density at radius 3 is 2.62 bits per heavy atom. The van der Waals surface area contributed by atoms with Gasteiger partial charge in [0.25, 0.3) is 0 Å². The second-order valence-corrected chi connectivity index (χ2v) is 5.85. The lowest BCUT2D eigenvalue weighted by molar-refractivity contribution is 0.604. The van der Waals surface area contributed by atoms with Gasteiger partial charge in [-0.2, -0.15) is 5.10 Å². The number of H-pyrrole nitrogens is 1. The van der Waals surface area contributed by atoms with Gasteiger partial charge in [0, 0.05) is 11.3 Å². The highest BCUT2D eigenvalue weighted by Gasteiger charge is 2.12. The van der Waals surface area contributed by atoms with Crippen LogP contribution in [-0.2, 0) is 6.42 Å². The van der Waals surface area contributed by atoms with E-state index in [9.17, 15) is 0 Å². The van der Waals surface area contributed by atoms with Crippen molar-refractivity contribution in [2.45, 2.75) is 58.8 Å². The van der Waals surface area contributed by atoms with Crippen molar-refractivity contribution in [2.24, 2.45) is 0 Å². The van der Waals surface area contributed by atoms with Crippen LogP contribution in [0.4, 0.5) is 5.82 Å². The van der Waals surface area contributed by atoms with Crippen LogP contribution in [-0.4, -0.2) is 10.2 Å². The maximum Gasteiger partial charge on any atom is 0.153 e. The Morgan fingerprint density at radius 2 is 1.86 bits per heavy atom. The van der Waals surface area contributed by atoms with Gasteiger partial charge in [-0.15, -0.1) is 0 Å². The summed E-state index contributed by atoms with van der Waals surface area (Å²) >= 11 is 0. The van der Waals surface area contributed by atoms with Gasteiger partial charge in [0.2, 0.25) is 0 Å². The van der Waals surface area contributed by atoms with Crippen LogP contribution in [0.2, 0.25) is 0 Å². The first-order valence-electron chi connectivity index (χ1n) is 8.12. The number of rotatable bonds is 8. The molecule has 0 radical (unpaired) electrons. The molecule has 0 saturated heterocycles. The molecule has 0 fully saturated rings. The fourth-order valence-corrected chi connectivity index (χ4v) is 2.78. The van der Waals surface area contributed by atoms with Gasteiger partial charge in [-0.1, -0.05) is 68.9 Å². The van der Waals surface area contributed by atoms with Crippen molar-refractivity contribution in [1.29, 1.82) is 0 Å². The third-order valence-corrected chi connectivity index (χ3v) is 3.96. The number of anilines is 1. The molecule has 0 aliphatic carbocycles. The Morgan fingerprint density at radius 1 is 1.10 bits per heavy atom. The van der Waals surface area contributed by atoms with E-state index < -0.39 is 0 Å². The van der Waals surface area contributed by atoms with Gasteiger partial charge >= 0.3 is 0 Å². The summed E-state index contributed by atoms with van der Waals surface area (Å²) < 4.78 is 0. The number of aromatic amines is 1. The summed E-state index contributed by atoms with van der Waals surface area (Å²) in [5.74, 6) is 0.613. The lowest BCUT2D eigenvalue weighted by atomic mass is 10.00. The molecule has 114 valence electrons. The molecule has 3 N–H and O–H groups in total. The molecule has 1 aromatic carbocycles. The maximum atomic E-state index is 6.05. The molecule has 1 heterocycles. The summed E-state index contributed by atoms with van der Waals surface area (Å²) in [4.78, 5) is 0. The summed E-state index contributed by atoms with van der Waals surface area (Å²) in [6, 6.07) is 8.46. The minimum Gasteiger partial charge on any atom is -0.382 e. The van der Waals surface area contributed by atoms with Crippen LogP contribution in [0.5, 0.6) is 0 Å². The number of aromatic nitrogens is 2. The fourth-order valence-electron chi connectivity index (χ4n) is 2.78. The van der Waals surface area contributed by atoms with Crippen molar-refractivity contribution in [3.05, 3.63) is 35.5 Å².